The molecule has 244 valence electrons. The van der Waals surface area contributed by atoms with Gasteiger partial charge in [-0.25, -0.2) is 0 Å². The average molecular weight is 642 g/mol. The molecule has 20 heteroatoms. The molecule has 0 aromatic heterocycles. The third-order valence-corrected chi connectivity index (χ3v) is 12.2. The van der Waals surface area contributed by atoms with E-state index in [-0.39, 0.29) is 18.1 Å². The molecular formula is C24H39N9O10Si. The summed E-state index contributed by atoms with van der Waals surface area (Å²) in [7, 11) is -2.38. The third-order valence-electron chi connectivity index (χ3n) is 7.73. The zero-order chi connectivity index (χ0) is 33.4. The Bertz CT molecular complexity index is 1210. The lowest BCUT2D eigenvalue weighted by Crippen LogP contribution is -2.64. The Morgan fingerprint density at radius 1 is 0.841 bits per heavy atom. The first-order valence-electron chi connectivity index (χ1n) is 13.7. The normalized spacial score (nSPS) is 32.1. The zero-order valence-electron chi connectivity index (χ0n) is 25.8. The van der Waals surface area contributed by atoms with Crippen molar-refractivity contribution in [3.63, 3.8) is 0 Å². The molecule has 44 heavy (non-hydrogen) atoms. The van der Waals surface area contributed by atoms with E-state index in [0.29, 0.717) is 0 Å². The molecule has 10 atom stereocenters. The summed E-state index contributed by atoms with van der Waals surface area (Å²) in [6.45, 7) is 13.1. The highest BCUT2D eigenvalue weighted by Crippen LogP contribution is 2.39. The minimum absolute atomic E-state index is 0.162. The number of azide groups is 3. The molecule has 1 aliphatic heterocycles. The number of aliphatic hydroxyl groups is 1. The van der Waals surface area contributed by atoms with Gasteiger partial charge in [0.25, 0.3) is 0 Å². The van der Waals surface area contributed by atoms with Crippen molar-refractivity contribution in [2.45, 2.75) is 127 Å². The van der Waals surface area contributed by atoms with Crippen molar-refractivity contribution in [1.29, 1.82) is 0 Å². The van der Waals surface area contributed by atoms with Gasteiger partial charge in [0.2, 0.25) is 0 Å². The van der Waals surface area contributed by atoms with E-state index in [1.807, 2.05) is 33.9 Å². The van der Waals surface area contributed by atoms with Gasteiger partial charge < -0.3 is 33.2 Å². The smallest absolute Gasteiger partial charge is 0.303 e. The van der Waals surface area contributed by atoms with Crippen LogP contribution < -0.4 is 0 Å². The number of aliphatic hydroxyl groups excluding tert-OH is 1. The largest absolute Gasteiger partial charge is 0.459 e. The SMILES string of the molecule is CC(=O)OC1C(N=[N+]=[N-])CC(N=[N+]=[N-])[C@@H](O[C@H]2OC(CO[Si](C)(C)C(C)(C)C)[C@@H](O)C(OC(C)=O)C2N=[N+]=[N-])C1OC(C)=O. The fraction of sp³-hybridized carbons (Fsp3) is 0.875. The highest BCUT2D eigenvalue weighted by molar-refractivity contribution is 6.74. The summed E-state index contributed by atoms with van der Waals surface area (Å²) >= 11 is 0. The van der Waals surface area contributed by atoms with Crippen LogP contribution in [0.4, 0.5) is 0 Å². The van der Waals surface area contributed by atoms with Gasteiger partial charge in [0.05, 0.1) is 18.7 Å². The van der Waals surface area contributed by atoms with E-state index in [0.717, 1.165) is 20.8 Å². The van der Waals surface area contributed by atoms with Crippen molar-refractivity contribution < 1.29 is 47.6 Å². The third kappa shape index (κ3) is 9.20. The van der Waals surface area contributed by atoms with E-state index in [2.05, 4.69) is 30.1 Å². The quantitative estimate of drug-likeness (QED) is 0.0852. The van der Waals surface area contributed by atoms with Crippen LogP contribution in [0.1, 0.15) is 48.0 Å². The van der Waals surface area contributed by atoms with Gasteiger partial charge in [-0.05, 0) is 41.1 Å². The highest BCUT2D eigenvalue weighted by atomic mass is 28.4. The predicted molar refractivity (Wildman–Crippen MR) is 153 cm³/mol. The second-order valence-electron chi connectivity index (χ2n) is 11.9. The molecule has 0 spiro atoms. The zero-order valence-corrected chi connectivity index (χ0v) is 26.8. The molecule has 2 rings (SSSR count). The van der Waals surface area contributed by atoms with Crippen molar-refractivity contribution in [2.24, 2.45) is 15.3 Å². The molecule has 0 radical (unpaired) electrons. The van der Waals surface area contributed by atoms with Gasteiger partial charge >= 0.3 is 17.9 Å². The van der Waals surface area contributed by atoms with E-state index in [4.69, 9.17) is 33.6 Å². The first-order chi connectivity index (χ1) is 20.5. The molecule has 2 fully saturated rings. The molecule has 1 saturated carbocycles. The minimum Gasteiger partial charge on any atom is -0.459 e. The van der Waals surface area contributed by atoms with Gasteiger partial charge in [-0.3, -0.25) is 14.4 Å². The van der Waals surface area contributed by atoms with Crippen molar-refractivity contribution >= 4 is 26.2 Å². The summed E-state index contributed by atoms with van der Waals surface area (Å²) in [5.74, 6) is -2.44. The van der Waals surface area contributed by atoms with Crippen LogP contribution in [0.15, 0.2) is 15.3 Å². The number of esters is 3. The Hall–Kier alpha value is -3.60. The molecule has 2 aliphatic rings. The molecule has 1 aliphatic carbocycles. The lowest BCUT2D eigenvalue weighted by molar-refractivity contribution is -0.296. The van der Waals surface area contributed by atoms with E-state index in [1.165, 1.54) is 0 Å². The van der Waals surface area contributed by atoms with E-state index >= 15 is 0 Å². The number of carbonyl (C=O) groups excluding carboxylic acids is 3. The molecule has 0 amide bonds. The summed E-state index contributed by atoms with van der Waals surface area (Å²) < 4.78 is 34.7. The van der Waals surface area contributed by atoms with E-state index < -0.39 is 87.3 Å². The van der Waals surface area contributed by atoms with Crippen LogP contribution in [0.2, 0.25) is 18.1 Å². The van der Waals surface area contributed by atoms with Crippen molar-refractivity contribution in [3.8, 4) is 0 Å². The summed E-state index contributed by atoms with van der Waals surface area (Å²) in [6.07, 6.45) is -10.3. The van der Waals surface area contributed by atoms with Crippen molar-refractivity contribution in [2.75, 3.05) is 6.61 Å². The second kappa shape index (κ2) is 15.4. The lowest BCUT2D eigenvalue weighted by atomic mass is 9.84. The first kappa shape index (κ1) is 36.6. The Labute approximate surface area is 254 Å². The Morgan fingerprint density at radius 3 is 1.80 bits per heavy atom. The van der Waals surface area contributed by atoms with Crippen LogP contribution in [0.25, 0.3) is 31.3 Å². The van der Waals surface area contributed by atoms with Crippen LogP contribution in [0, 0.1) is 0 Å². The number of hydrogen-bond donors (Lipinski definition) is 1. The van der Waals surface area contributed by atoms with Gasteiger partial charge in [0, 0.05) is 35.5 Å². The van der Waals surface area contributed by atoms with Gasteiger partial charge in [0.1, 0.15) is 36.6 Å². The maximum absolute atomic E-state index is 12.2. The van der Waals surface area contributed by atoms with Crippen LogP contribution in [-0.2, 0) is 42.5 Å². The second-order valence-corrected chi connectivity index (χ2v) is 16.7. The monoisotopic (exact) mass is 641 g/mol. The molecule has 0 bridgehead atoms. The number of rotatable bonds is 11. The summed E-state index contributed by atoms with van der Waals surface area (Å²) in [5.41, 5.74) is 27.8. The van der Waals surface area contributed by atoms with Gasteiger partial charge in [-0.15, -0.1) is 0 Å². The number of nitrogens with zero attached hydrogens (tertiary/aromatic N) is 9. The number of hydrogen-bond acceptors (Lipinski definition) is 13. The molecular weight excluding hydrogens is 602 g/mol. The van der Waals surface area contributed by atoms with Gasteiger partial charge in [-0.2, -0.15) is 0 Å². The summed E-state index contributed by atoms with van der Waals surface area (Å²) in [5, 5.41) is 22.0. The average Bonchev–Trinajstić information content (AvgIpc) is 2.89. The number of carbonyl (C=O) groups is 3. The number of ether oxygens (including phenoxy) is 5. The lowest BCUT2D eigenvalue weighted by Gasteiger charge is -2.47. The first-order valence-corrected chi connectivity index (χ1v) is 16.6. The Morgan fingerprint density at radius 2 is 1.32 bits per heavy atom. The standard InChI is InChI=1S/C24H39N9O10Si/c1-11(34)39-19-14(28-31-25)9-15(29-32-26)20(22(19)41-13(3)36)43-23-17(30-33-27)21(40-12(2)35)18(37)16(42-23)10-38-44(7,8)24(4,5)6/h14-23,37H,9-10H2,1-8H3/t14?,15?,16?,17?,18-,19?,20-,21?,22?,23-/m1/s1. The van der Waals surface area contributed by atoms with Gasteiger partial charge in [0.15, 0.2) is 20.7 Å². The predicted octanol–water partition coefficient (Wildman–Crippen LogP) is 3.71. The fourth-order valence-corrected chi connectivity index (χ4v) is 5.67. The molecule has 1 N–H and O–H groups in total. The highest BCUT2D eigenvalue weighted by Gasteiger charge is 2.54. The fourth-order valence-electron chi connectivity index (χ4n) is 4.65. The van der Waals surface area contributed by atoms with Crippen LogP contribution in [0.5, 0.6) is 0 Å². The van der Waals surface area contributed by atoms with Gasteiger partial charge in [-0.1, -0.05) is 36.1 Å². The summed E-state index contributed by atoms with van der Waals surface area (Å²) in [4.78, 5) is 44.6. The molecule has 7 unspecified atom stereocenters. The Kier molecular flexibility index (Phi) is 12.8. The maximum atomic E-state index is 12.2. The Balaban J connectivity index is 2.62. The van der Waals surface area contributed by atoms with Crippen molar-refractivity contribution in [3.05, 3.63) is 31.3 Å². The maximum Gasteiger partial charge on any atom is 0.303 e. The molecule has 1 saturated heterocycles. The topological polar surface area (TPSA) is 273 Å². The van der Waals surface area contributed by atoms with Crippen LogP contribution >= 0.6 is 0 Å². The molecule has 0 aromatic rings. The van der Waals surface area contributed by atoms with Crippen LogP contribution in [-0.4, -0.2) is 99.0 Å². The van der Waals surface area contributed by atoms with Crippen LogP contribution in [0.3, 0.4) is 0 Å². The van der Waals surface area contributed by atoms with E-state index in [1.54, 1.807) is 0 Å². The molecule has 0 aromatic carbocycles. The van der Waals surface area contributed by atoms with Crippen molar-refractivity contribution in [1.82, 2.24) is 0 Å². The molecule has 19 nitrogen and oxygen atoms in total. The summed E-state index contributed by atoms with van der Waals surface area (Å²) in [6, 6.07) is -3.82. The molecule has 1 heterocycles. The van der Waals surface area contributed by atoms with E-state index in [9.17, 15) is 30.6 Å². The minimum atomic E-state index is -2.38.